The van der Waals surface area contributed by atoms with Crippen LogP contribution in [0.3, 0.4) is 0 Å². The fraction of sp³-hybridized carbons (Fsp3) is 0.533. The summed E-state index contributed by atoms with van der Waals surface area (Å²) in [6, 6.07) is 5.27. The molecule has 4 nitrogen and oxygen atoms in total. The first-order chi connectivity index (χ1) is 9.54. The lowest BCUT2D eigenvalue weighted by molar-refractivity contribution is 0.0945. The summed E-state index contributed by atoms with van der Waals surface area (Å²) in [6.45, 7) is 6.32. The highest BCUT2D eigenvalue weighted by Crippen LogP contribution is 2.17. The van der Waals surface area contributed by atoms with Gasteiger partial charge in [-0.05, 0) is 50.0 Å². The minimum Gasteiger partial charge on any atom is -0.399 e. The van der Waals surface area contributed by atoms with E-state index in [-0.39, 0.29) is 5.91 Å². The number of amides is 1. The van der Waals surface area contributed by atoms with E-state index in [1.54, 1.807) is 18.2 Å². The highest BCUT2D eigenvalue weighted by molar-refractivity contribution is 9.10. The van der Waals surface area contributed by atoms with Crippen molar-refractivity contribution in [2.75, 3.05) is 31.9 Å². The topological polar surface area (TPSA) is 58.4 Å². The normalized spacial score (nSPS) is 17.1. The quantitative estimate of drug-likeness (QED) is 0.810. The number of anilines is 1. The standard InChI is InChI=1S/C15H22BrN3O/c1-11(10-19-4-2-3-5-19)9-18-15(20)12-6-13(16)8-14(17)7-12/h6-8,11H,2-5,9-10,17H2,1H3,(H,18,20). The van der Waals surface area contributed by atoms with E-state index in [0.29, 0.717) is 23.7 Å². The molecule has 0 aliphatic carbocycles. The molecule has 0 saturated carbocycles. The molecule has 2 rings (SSSR count). The van der Waals surface area contributed by atoms with Crippen molar-refractivity contribution >= 4 is 27.5 Å². The van der Waals surface area contributed by atoms with Gasteiger partial charge >= 0.3 is 0 Å². The Kier molecular flexibility index (Phi) is 5.43. The van der Waals surface area contributed by atoms with Crippen LogP contribution >= 0.6 is 15.9 Å². The van der Waals surface area contributed by atoms with Gasteiger partial charge in [0.25, 0.3) is 5.91 Å². The largest absolute Gasteiger partial charge is 0.399 e. The van der Waals surface area contributed by atoms with Gasteiger partial charge < -0.3 is 16.0 Å². The number of nitrogens with two attached hydrogens (primary N) is 1. The van der Waals surface area contributed by atoms with E-state index in [1.807, 2.05) is 0 Å². The van der Waals surface area contributed by atoms with Crippen molar-refractivity contribution < 1.29 is 4.79 Å². The molecule has 110 valence electrons. The van der Waals surface area contributed by atoms with Crippen LogP contribution < -0.4 is 11.1 Å². The van der Waals surface area contributed by atoms with Gasteiger partial charge in [-0.15, -0.1) is 0 Å². The second-order valence-corrected chi connectivity index (χ2v) is 6.51. The third kappa shape index (κ3) is 4.49. The number of nitrogens with zero attached hydrogens (tertiary/aromatic N) is 1. The molecule has 1 aromatic carbocycles. The molecule has 1 amide bonds. The Morgan fingerprint density at radius 2 is 2.10 bits per heavy atom. The molecule has 1 unspecified atom stereocenters. The zero-order valence-corrected chi connectivity index (χ0v) is 13.4. The van der Waals surface area contributed by atoms with Crippen LogP contribution in [-0.2, 0) is 0 Å². The lowest BCUT2D eigenvalue weighted by Gasteiger charge is -2.20. The highest BCUT2D eigenvalue weighted by Gasteiger charge is 2.15. The molecule has 20 heavy (non-hydrogen) atoms. The summed E-state index contributed by atoms with van der Waals surface area (Å²) in [6.07, 6.45) is 2.60. The zero-order chi connectivity index (χ0) is 14.5. The number of carbonyl (C=O) groups is 1. The Morgan fingerprint density at radius 1 is 1.40 bits per heavy atom. The Bertz CT molecular complexity index is 452. The molecular formula is C15H22BrN3O. The Labute approximate surface area is 128 Å². The fourth-order valence-corrected chi connectivity index (χ4v) is 3.09. The molecular weight excluding hydrogens is 318 g/mol. The fourth-order valence-electron chi connectivity index (χ4n) is 2.58. The molecule has 0 aromatic heterocycles. The Hall–Kier alpha value is -1.07. The Balaban J connectivity index is 1.81. The number of halogens is 1. The Morgan fingerprint density at radius 3 is 2.75 bits per heavy atom. The lowest BCUT2D eigenvalue weighted by Crippen LogP contribution is -2.34. The van der Waals surface area contributed by atoms with Crippen molar-refractivity contribution in [2.24, 2.45) is 5.92 Å². The summed E-state index contributed by atoms with van der Waals surface area (Å²) in [4.78, 5) is 14.6. The predicted octanol–water partition coefficient (Wildman–Crippen LogP) is 2.49. The number of hydrogen-bond acceptors (Lipinski definition) is 3. The molecule has 0 spiro atoms. The number of nitrogen functional groups attached to an aromatic ring is 1. The van der Waals surface area contributed by atoms with E-state index in [0.717, 1.165) is 11.0 Å². The van der Waals surface area contributed by atoms with Gasteiger partial charge in [0.15, 0.2) is 0 Å². The summed E-state index contributed by atoms with van der Waals surface area (Å²) in [5, 5.41) is 2.99. The van der Waals surface area contributed by atoms with Crippen LogP contribution in [0.4, 0.5) is 5.69 Å². The molecule has 0 radical (unpaired) electrons. The van der Waals surface area contributed by atoms with Crippen molar-refractivity contribution in [3.05, 3.63) is 28.2 Å². The van der Waals surface area contributed by atoms with Crippen molar-refractivity contribution in [1.29, 1.82) is 0 Å². The number of carbonyl (C=O) groups excluding carboxylic acids is 1. The molecule has 1 aromatic rings. The zero-order valence-electron chi connectivity index (χ0n) is 11.9. The van der Waals surface area contributed by atoms with E-state index >= 15 is 0 Å². The highest BCUT2D eigenvalue weighted by atomic mass is 79.9. The van der Waals surface area contributed by atoms with Gasteiger partial charge in [-0.25, -0.2) is 0 Å². The molecule has 0 bridgehead atoms. The van der Waals surface area contributed by atoms with Crippen LogP contribution in [0.5, 0.6) is 0 Å². The second kappa shape index (κ2) is 7.09. The maximum absolute atomic E-state index is 12.1. The van der Waals surface area contributed by atoms with Crippen LogP contribution in [0, 0.1) is 5.92 Å². The number of benzene rings is 1. The van der Waals surface area contributed by atoms with E-state index < -0.39 is 0 Å². The van der Waals surface area contributed by atoms with Crippen molar-refractivity contribution in [3.8, 4) is 0 Å². The molecule has 1 fully saturated rings. The molecule has 1 saturated heterocycles. The van der Waals surface area contributed by atoms with Gasteiger partial charge in [-0.3, -0.25) is 4.79 Å². The maximum atomic E-state index is 12.1. The van der Waals surface area contributed by atoms with E-state index in [2.05, 4.69) is 33.1 Å². The van der Waals surface area contributed by atoms with Gasteiger partial charge in [0.1, 0.15) is 0 Å². The summed E-state index contributed by atoms with van der Waals surface area (Å²) in [7, 11) is 0. The molecule has 3 N–H and O–H groups in total. The number of likely N-dealkylation sites (tertiary alicyclic amines) is 1. The summed E-state index contributed by atoms with van der Waals surface area (Å²) in [5.74, 6) is 0.396. The first-order valence-corrected chi connectivity index (χ1v) is 7.90. The van der Waals surface area contributed by atoms with Crippen molar-refractivity contribution in [1.82, 2.24) is 10.2 Å². The van der Waals surface area contributed by atoms with Gasteiger partial charge in [0.05, 0.1) is 0 Å². The van der Waals surface area contributed by atoms with E-state index in [4.69, 9.17) is 5.73 Å². The minimum atomic E-state index is -0.0636. The van der Waals surface area contributed by atoms with Gasteiger partial charge in [-0.2, -0.15) is 0 Å². The molecule has 1 atom stereocenters. The van der Waals surface area contributed by atoms with Gasteiger partial charge in [0, 0.05) is 28.8 Å². The van der Waals surface area contributed by atoms with Crippen LogP contribution in [-0.4, -0.2) is 37.0 Å². The van der Waals surface area contributed by atoms with Crippen molar-refractivity contribution in [2.45, 2.75) is 19.8 Å². The lowest BCUT2D eigenvalue weighted by atomic mass is 10.1. The van der Waals surface area contributed by atoms with E-state index in [9.17, 15) is 4.79 Å². The number of hydrogen-bond donors (Lipinski definition) is 2. The third-order valence-corrected chi connectivity index (χ3v) is 4.02. The minimum absolute atomic E-state index is 0.0636. The van der Waals surface area contributed by atoms with Crippen LogP contribution in [0.2, 0.25) is 0 Å². The average Bonchev–Trinajstić information content (AvgIpc) is 2.87. The number of nitrogens with one attached hydrogen (secondary N) is 1. The smallest absolute Gasteiger partial charge is 0.251 e. The summed E-state index contributed by atoms with van der Waals surface area (Å²) in [5.41, 5.74) is 6.94. The first kappa shape index (κ1) is 15.3. The molecule has 1 heterocycles. The van der Waals surface area contributed by atoms with Gasteiger partial charge in [-0.1, -0.05) is 22.9 Å². The van der Waals surface area contributed by atoms with Crippen LogP contribution in [0.15, 0.2) is 22.7 Å². The van der Waals surface area contributed by atoms with Gasteiger partial charge in [0.2, 0.25) is 0 Å². The average molecular weight is 340 g/mol. The van der Waals surface area contributed by atoms with E-state index in [1.165, 1.54) is 25.9 Å². The molecule has 1 aliphatic heterocycles. The first-order valence-electron chi connectivity index (χ1n) is 7.11. The second-order valence-electron chi connectivity index (χ2n) is 5.60. The summed E-state index contributed by atoms with van der Waals surface area (Å²) < 4.78 is 0.827. The predicted molar refractivity (Wildman–Crippen MR) is 85.7 cm³/mol. The van der Waals surface area contributed by atoms with Crippen LogP contribution in [0.25, 0.3) is 0 Å². The monoisotopic (exact) mass is 339 g/mol. The van der Waals surface area contributed by atoms with Crippen LogP contribution in [0.1, 0.15) is 30.1 Å². The summed E-state index contributed by atoms with van der Waals surface area (Å²) >= 11 is 3.35. The third-order valence-electron chi connectivity index (χ3n) is 3.56. The molecule has 1 aliphatic rings. The maximum Gasteiger partial charge on any atom is 0.251 e. The van der Waals surface area contributed by atoms with Crippen molar-refractivity contribution in [3.63, 3.8) is 0 Å². The molecule has 5 heteroatoms. The number of rotatable bonds is 5. The SMILES string of the molecule is CC(CNC(=O)c1cc(N)cc(Br)c1)CN1CCCC1.